The second-order valence-corrected chi connectivity index (χ2v) is 3.62. The fourth-order valence-electron chi connectivity index (χ4n) is 1.52. The first-order chi connectivity index (χ1) is 7.31. The first-order valence-corrected chi connectivity index (χ1v) is 5.54. The third-order valence-corrected chi connectivity index (χ3v) is 2.70. The number of methoxy groups -OCH3 is 1. The van der Waals surface area contributed by atoms with E-state index in [1.807, 2.05) is 12.1 Å². The molecule has 0 aliphatic rings. The number of ether oxygens (including phenoxy) is 1. The Balaban J connectivity index is 2.56. The van der Waals surface area contributed by atoms with E-state index in [4.69, 9.17) is 4.74 Å². The number of rotatable bonds is 6. The van der Waals surface area contributed by atoms with E-state index in [0.29, 0.717) is 5.88 Å². The van der Waals surface area contributed by atoms with Gasteiger partial charge in [0, 0.05) is 12.7 Å². The summed E-state index contributed by atoms with van der Waals surface area (Å²) in [6.45, 7) is 5.42. The van der Waals surface area contributed by atoms with Crippen LogP contribution in [0, 0.1) is 5.92 Å². The van der Waals surface area contributed by atoms with Crippen molar-refractivity contribution in [1.29, 1.82) is 0 Å². The minimum atomic E-state index is 0.670. The molecular weight excluding hydrogens is 188 g/mol. The number of nitrogens with zero attached hydrogens (tertiary/aromatic N) is 1. The van der Waals surface area contributed by atoms with Gasteiger partial charge in [-0.05, 0) is 18.1 Å². The Labute approximate surface area is 91.9 Å². The maximum absolute atomic E-state index is 5.17. The Bertz CT molecular complexity index is 285. The van der Waals surface area contributed by atoms with Gasteiger partial charge < -0.3 is 10.1 Å². The Hall–Kier alpha value is -1.25. The van der Waals surface area contributed by atoms with Gasteiger partial charge in [0.25, 0.3) is 0 Å². The van der Waals surface area contributed by atoms with E-state index in [-0.39, 0.29) is 0 Å². The summed E-state index contributed by atoms with van der Waals surface area (Å²) < 4.78 is 5.17. The fourth-order valence-corrected chi connectivity index (χ4v) is 1.52. The number of nitrogens with one attached hydrogen (secondary N) is 1. The second kappa shape index (κ2) is 6.27. The smallest absolute Gasteiger partial charge is 0.237 e. The monoisotopic (exact) mass is 208 g/mol. The Morgan fingerprint density at radius 2 is 2.13 bits per heavy atom. The normalized spacial score (nSPS) is 10.4. The zero-order valence-corrected chi connectivity index (χ0v) is 9.79. The van der Waals surface area contributed by atoms with Crippen molar-refractivity contribution in [2.45, 2.75) is 26.7 Å². The molecular formula is C12H20N2O. The Morgan fingerprint density at radius 3 is 2.73 bits per heavy atom. The molecule has 3 heteroatoms. The van der Waals surface area contributed by atoms with E-state index in [2.05, 4.69) is 24.1 Å². The molecule has 0 unspecified atom stereocenters. The van der Waals surface area contributed by atoms with E-state index in [9.17, 15) is 0 Å². The summed E-state index contributed by atoms with van der Waals surface area (Å²) >= 11 is 0. The minimum Gasteiger partial charge on any atom is -0.480 e. The van der Waals surface area contributed by atoms with Gasteiger partial charge >= 0.3 is 0 Å². The fraction of sp³-hybridized carbons (Fsp3) is 0.583. The van der Waals surface area contributed by atoms with Crippen LogP contribution < -0.4 is 10.1 Å². The van der Waals surface area contributed by atoms with E-state index < -0.39 is 0 Å². The van der Waals surface area contributed by atoms with Crippen LogP contribution in [0.5, 0.6) is 5.88 Å². The molecule has 1 heterocycles. The molecule has 0 aliphatic heterocycles. The molecule has 0 bridgehead atoms. The van der Waals surface area contributed by atoms with Gasteiger partial charge in [0.2, 0.25) is 5.88 Å². The van der Waals surface area contributed by atoms with Crippen molar-refractivity contribution < 1.29 is 4.74 Å². The molecule has 15 heavy (non-hydrogen) atoms. The molecule has 1 rings (SSSR count). The van der Waals surface area contributed by atoms with Crippen molar-refractivity contribution in [3.05, 3.63) is 18.3 Å². The average molecular weight is 208 g/mol. The van der Waals surface area contributed by atoms with Gasteiger partial charge in [-0.2, -0.15) is 0 Å². The van der Waals surface area contributed by atoms with Crippen LogP contribution in [0.25, 0.3) is 0 Å². The predicted molar refractivity (Wildman–Crippen MR) is 63.4 cm³/mol. The molecule has 0 fully saturated rings. The van der Waals surface area contributed by atoms with Crippen LogP contribution in [0.2, 0.25) is 0 Å². The van der Waals surface area contributed by atoms with Crippen molar-refractivity contribution in [2.75, 3.05) is 19.0 Å². The molecule has 0 atom stereocenters. The third-order valence-electron chi connectivity index (χ3n) is 2.70. The first-order valence-electron chi connectivity index (χ1n) is 5.54. The molecule has 0 aliphatic carbocycles. The van der Waals surface area contributed by atoms with E-state index in [0.717, 1.165) is 18.2 Å². The van der Waals surface area contributed by atoms with Crippen LogP contribution in [-0.2, 0) is 0 Å². The SMILES string of the molecule is CCC(CC)CNc1cccnc1OC. The van der Waals surface area contributed by atoms with E-state index >= 15 is 0 Å². The molecule has 0 saturated carbocycles. The highest BCUT2D eigenvalue weighted by Gasteiger charge is 2.06. The van der Waals surface area contributed by atoms with Crippen molar-refractivity contribution in [2.24, 2.45) is 5.92 Å². The van der Waals surface area contributed by atoms with E-state index in [1.54, 1.807) is 13.3 Å². The zero-order chi connectivity index (χ0) is 11.1. The van der Waals surface area contributed by atoms with Gasteiger partial charge in [0.1, 0.15) is 0 Å². The van der Waals surface area contributed by atoms with Crippen LogP contribution in [0.3, 0.4) is 0 Å². The summed E-state index contributed by atoms with van der Waals surface area (Å²) in [5, 5.41) is 3.38. The molecule has 0 saturated heterocycles. The highest BCUT2D eigenvalue weighted by molar-refractivity contribution is 5.51. The lowest BCUT2D eigenvalue weighted by Gasteiger charge is -2.15. The second-order valence-electron chi connectivity index (χ2n) is 3.62. The summed E-state index contributed by atoms with van der Waals surface area (Å²) in [7, 11) is 1.64. The van der Waals surface area contributed by atoms with Crippen LogP contribution in [-0.4, -0.2) is 18.6 Å². The quantitative estimate of drug-likeness (QED) is 0.780. The average Bonchev–Trinajstić information content (AvgIpc) is 2.31. The summed E-state index contributed by atoms with van der Waals surface area (Å²) in [4.78, 5) is 4.14. The molecule has 1 aromatic heterocycles. The van der Waals surface area contributed by atoms with Gasteiger partial charge in [-0.15, -0.1) is 0 Å². The van der Waals surface area contributed by atoms with E-state index in [1.165, 1.54) is 12.8 Å². The molecule has 0 spiro atoms. The van der Waals surface area contributed by atoms with Crippen LogP contribution in [0.15, 0.2) is 18.3 Å². The Morgan fingerprint density at radius 1 is 1.40 bits per heavy atom. The van der Waals surface area contributed by atoms with Gasteiger partial charge in [-0.1, -0.05) is 26.7 Å². The molecule has 0 aromatic carbocycles. The Kier molecular flexibility index (Phi) is 4.95. The third kappa shape index (κ3) is 3.42. The predicted octanol–water partition coefficient (Wildman–Crippen LogP) is 2.94. The van der Waals surface area contributed by atoms with Crippen molar-refractivity contribution in [3.8, 4) is 5.88 Å². The number of pyridine rings is 1. The lowest BCUT2D eigenvalue weighted by Crippen LogP contribution is -2.13. The highest BCUT2D eigenvalue weighted by atomic mass is 16.5. The first kappa shape index (κ1) is 11.8. The zero-order valence-electron chi connectivity index (χ0n) is 9.79. The van der Waals surface area contributed by atoms with Gasteiger partial charge in [0.15, 0.2) is 0 Å². The standard InChI is InChI=1S/C12H20N2O/c1-4-10(5-2)9-14-11-7-6-8-13-12(11)15-3/h6-8,10,14H,4-5,9H2,1-3H3. The number of hydrogen-bond donors (Lipinski definition) is 1. The van der Waals surface area contributed by atoms with Crippen molar-refractivity contribution in [3.63, 3.8) is 0 Å². The van der Waals surface area contributed by atoms with Crippen LogP contribution >= 0.6 is 0 Å². The lowest BCUT2D eigenvalue weighted by molar-refractivity contribution is 0.399. The van der Waals surface area contributed by atoms with Gasteiger partial charge in [-0.3, -0.25) is 0 Å². The summed E-state index contributed by atoms with van der Waals surface area (Å²) in [5.41, 5.74) is 0.979. The highest BCUT2D eigenvalue weighted by Crippen LogP contribution is 2.20. The molecule has 0 amide bonds. The largest absolute Gasteiger partial charge is 0.480 e. The number of aromatic nitrogens is 1. The lowest BCUT2D eigenvalue weighted by atomic mass is 10.0. The van der Waals surface area contributed by atoms with Crippen molar-refractivity contribution in [1.82, 2.24) is 4.98 Å². The number of hydrogen-bond acceptors (Lipinski definition) is 3. The topological polar surface area (TPSA) is 34.2 Å². The molecule has 1 N–H and O–H groups in total. The van der Waals surface area contributed by atoms with Crippen molar-refractivity contribution >= 4 is 5.69 Å². The maximum atomic E-state index is 5.17. The molecule has 84 valence electrons. The number of anilines is 1. The molecule has 3 nitrogen and oxygen atoms in total. The van der Waals surface area contributed by atoms with Crippen LogP contribution in [0.4, 0.5) is 5.69 Å². The van der Waals surface area contributed by atoms with Gasteiger partial charge in [-0.25, -0.2) is 4.98 Å². The van der Waals surface area contributed by atoms with Gasteiger partial charge in [0.05, 0.1) is 12.8 Å². The molecule has 0 radical (unpaired) electrons. The summed E-state index contributed by atoms with van der Waals surface area (Å²) in [6, 6.07) is 3.91. The molecule has 1 aromatic rings. The minimum absolute atomic E-state index is 0.670. The van der Waals surface area contributed by atoms with Crippen LogP contribution in [0.1, 0.15) is 26.7 Å². The summed E-state index contributed by atoms with van der Waals surface area (Å²) in [5.74, 6) is 1.39. The maximum Gasteiger partial charge on any atom is 0.237 e. The summed E-state index contributed by atoms with van der Waals surface area (Å²) in [6.07, 6.45) is 4.14.